The fourth-order valence-electron chi connectivity index (χ4n) is 4.37. The number of ether oxygens (including phenoxy) is 1. The van der Waals surface area contributed by atoms with E-state index < -0.39 is 0 Å². The van der Waals surface area contributed by atoms with E-state index in [2.05, 4.69) is 87.6 Å². The Balaban J connectivity index is 1.49. The normalized spacial score (nSPS) is 12.0. The second kappa shape index (κ2) is 14.6. The monoisotopic (exact) mass is 457 g/mol. The van der Waals surface area contributed by atoms with Crippen molar-refractivity contribution in [3.05, 3.63) is 83.7 Å². The molecule has 34 heavy (non-hydrogen) atoms. The summed E-state index contributed by atoms with van der Waals surface area (Å²) in [4.78, 5) is 4.70. The quantitative estimate of drug-likeness (QED) is 0.212. The van der Waals surface area contributed by atoms with Crippen LogP contribution in [-0.4, -0.2) is 11.6 Å². The van der Waals surface area contributed by atoms with Crippen molar-refractivity contribution in [2.75, 3.05) is 6.61 Å². The molecule has 0 spiro atoms. The third-order valence-corrected chi connectivity index (χ3v) is 6.75. The highest BCUT2D eigenvalue weighted by Gasteiger charge is 2.10. The number of unbranched alkanes of at least 4 members (excludes halogenated alkanes) is 7. The molecule has 1 aromatic heterocycles. The van der Waals surface area contributed by atoms with Crippen LogP contribution in [0.4, 0.5) is 0 Å². The molecule has 3 rings (SSSR count). The van der Waals surface area contributed by atoms with Gasteiger partial charge in [-0.2, -0.15) is 0 Å². The number of hydrogen-bond acceptors (Lipinski definition) is 2. The highest BCUT2D eigenvalue weighted by atomic mass is 16.5. The first-order valence-corrected chi connectivity index (χ1v) is 13.5. The van der Waals surface area contributed by atoms with Crippen LogP contribution in [0.2, 0.25) is 0 Å². The van der Waals surface area contributed by atoms with Gasteiger partial charge in [0.2, 0.25) is 0 Å². The van der Waals surface area contributed by atoms with Crippen molar-refractivity contribution in [2.45, 2.75) is 90.9 Å². The van der Waals surface area contributed by atoms with E-state index in [0.29, 0.717) is 5.92 Å². The zero-order valence-electron chi connectivity index (χ0n) is 21.6. The van der Waals surface area contributed by atoms with Crippen molar-refractivity contribution in [1.82, 2.24) is 4.98 Å². The van der Waals surface area contributed by atoms with E-state index in [0.717, 1.165) is 25.2 Å². The minimum Gasteiger partial charge on any atom is -0.494 e. The van der Waals surface area contributed by atoms with E-state index in [1.165, 1.54) is 79.3 Å². The molecular weight excluding hydrogens is 414 g/mol. The standard InChI is InChI=1S/C32H43NO/c1-4-6-8-9-10-12-24-34-32-22-19-29(20-23-32)28-16-14-27(15-17-28)26(3)30-18-21-31(33-25-30)13-11-7-5-2/h14-23,25-26H,4-13,24H2,1-3H3. The lowest BCUT2D eigenvalue weighted by molar-refractivity contribution is 0.304. The van der Waals surface area contributed by atoms with Crippen molar-refractivity contribution < 1.29 is 4.74 Å². The Morgan fingerprint density at radius 3 is 1.88 bits per heavy atom. The highest BCUT2D eigenvalue weighted by molar-refractivity contribution is 5.64. The van der Waals surface area contributed by atoms with Gasteiger partial charge in [-0.25, -0.2) is 0 Å². The fraction of sp³-hybridized carbons (Fsp3) is 0.469. The number of aryl methyl sites for hydroxylation is 1. The lowest BCUT2D eigenvalue weighted by atomic mass is 9.92. The third kappa shape index (κ3) is 8.31. The molecule has 1 atom stereocenters. The van der Waals surface area contributed by atoms with Gasteiger partial charge in [0.1, 0.15) is 5.75 Å². The van der Waals surface area contributed by atoms with Crippen molar-refractivity contribution in [2.24, 2.45) is 0 Å². The van der Waals surface area contributed by atoms with E-state index in [-0.39, 0.29) is 0 Å². The molecule has 1 heterocycles. The number of hydrogen-bond donors (Lipinski definition) is 0. The van der Waals surface area contributed by atoms with Gasteiger partial charge in [-0.3, -0.25) is 4.98 Å². The fourth-order valence-corrected chi connectivity index (χ4v) is 4.37. The summed E-state index contributed by atoms with van der Waals surface area (Å²) in [6.07, 6.45) is 14.6. The Morgan fingerprint density at radius 2 is 1.24 bits per heavy atom. The first-order chi connectivity index (χ1) is 16.7. The van der Waals surface area contributed by atoms with E-state index in [9.17, 15) is 0 Å². The summed E-state index contributed by atoms with van der Waals surface area (Å²) in [5, 5.41) is 0. The summed E-state index contributed by atoms with van der Waals surface area (Å²) in [5.41, 5.74) is 6.27. The van der Waals surface area contributed by atoms with Crippen LogP contribution in [0.3, 0.4) is 0 Å². The van der Waals surface area contributed by atoms with E-state index >= 15 is 0 Å². The maximum atomic E-state index is 5.93. The van der Waals surface area contributed by atoms with Gasteiger partial charge in [-0.05, 0) is 59.7 Å². The molecule has 0 saturated carbocycles. The van der Waals surface area contributed by atoms with Gasteiger partial charge < -0.3 is 4.74 Å². The maximum Gasteiger partial charge on any atom is 0.119 e. The number of rotatable bonds is 15. The maximum absolute atomic E-state index is 5.93. The molecule has 0 fully saturated rings. The van der Waals surface area contributed by atoms with Crippen molar-refractivity contribution in [1.29, 1.82) is 0 Å². The lowest BCUT2D eigenvalue weighted by Gasteiger charge is -2.14. The molecule has 0 saturated heterocycles. The molecule has 2 aromatic carbocycles. The number of benzene rings is 2. The molecule has 2 nitrogen and oxygen atoms in total. The molecule has 1 unspecified atom stereocenters. The minimum atomic E-state index is 0.337. The molecule has 182 valence electrons. The van der Waals surface area contributed by atoms with Crippen molar-refractivity contribution >= 4 is 0 Å². The summed E-state index contributed by atoms with van der Waals surface area (Å²) >= 11 is 0. The molecule has 0 radical (unpaired) electrons. The predicted octanol–water partition coefficient (Wildman–Crippen LogP) is 9.37. The molecule has 3 aromatic rings. The first-order valence-electron chi connectivity index (χ1n) is 13.5. The van der Waals surface area contributed by atoms with E-state index in [1.54, 1.807) is 0 Å². The molecule has 2 heteroatoms. The molecule has 0 aliphatic heterocycles. The molecular formula is C32H43NO. The van der Waals surface area contributed by atoms with Crippen LogP contribution >= 0.6 is 0 Å². The zero-order chi connectivity index (χ0) is 24.0. The Bertz CT molecular complexity index is 928. The van der Waals surface area contributed by atoms with Crippen LogP contribution < -0.4 is 4.74 Å². The largest absolute Gasteiger partial charge is 0.494 e. The third-order valence-electron chi connectivity index (χ3n) is 6.75. The summed E-state index contributed by atoms with van der Waals surface area (Å²) in [7, 11) is 0. The second-order valence-electron chi connectivity index (χ2n) is 9.52. The van der Waals surface area contributed by atoms with Crippen LogP contribution in [0.15, 0.2) is 66.9 Å². The Hall–Kier alpha value is -2.61. The average molecular weight is 458 g/mol. The Morgan fingerprint density at radius 1 is 0.647 bits per heavy atom. The summed E-state index contributed by atoms with van der Waals surface area (Å²) in [5.74, 6) is 1.30. The molecule has 0 aliphatic carbocycles. The summed E-state index contributed by atoms with van der Waals surface area (Å²) in [6, 6.07) is 21.9. The van der Waals surface area contributed by atoms with Gasteiger partial charge in [0, 0.05) is 17.8 Å². The Kier molecular flexibility index (Phi) is 11.2. The van der Waals surface area contributed by atoms with E-state index in [1.807, 2.05) is 0 Å². The zero-order valence-corrected chi connectivity index (χ0v) is 21.6. The average Bonchev–Trinajstić information content (AvgIpc) is 2.89. The first kappa shape index (κ1) is 26.0. The number of nitrogens with zero attached hydrogens (tertiary/aromatic N) is 1. The van der Waals surface area contributed by atoms with Crippen molar-refractivity contribution in [3.8, 4) is 16.9 Å². The smallest absolute Gasteiger partial charge is 0.119 e. The summed E-state index contributed by atoms with van der Waals surface area (Å²) in [6.45, 7) is 7.57. The van der Waals surface area contributed by atoms with Crippen molar-refractivity contribution in [3.63, 3.8) is 0 Å². The van der Waals surface area contributed by atoms with Crippen LogP contribution in [0.25, 0.3) is 11.1 Å². The lowest BCUT2D eigenvalue weighted by Crippen LogP contribution is -1.99. The SMILES string of the molecule is CCCCCCCCOc1ccc(-c2ccc(C(C)c3ccc(CCCCC)nc3)cc2)cc1. The summed E-state index contributed by atoms with van der Waals surface area (Å²) < 4.78 is 5.93. The van der Waals surface area contributed by atoms with Crippen LogP contribution in [0.5, 0.6) is 5.75 Å². The molecule has 0 N–H and O–H groups in total. The van der Waals surface area contributed by atoms with Gasteiger partial charge in [-0.1, -0.05) is 108 Å². The van der Waals surface area contributed by atoms with Gasteiger partial charge in [-0.15, -0.1) is 0 Å². The minimum absolute atomic E-state index is 0.337. The van der Waals surface area contributed by atoms with Crippen LogP contribution in [0.1, 0.15) is 101 Å². The Labute approximate surface area is 207 Å². The highest BCUT2D eigenvalue weighted by Crippen LogP contribution is 2.28. The number of pyridine rings is 1. The van der Waals surface area contributed by atoms with Crippen LogP contribution in [0, 0.1) is 0 Å². The van der Waals surface area contributed by atoms with Gasteiger partial charge in [0.15, 0.2) is 0 Å². The molecule has 0 amide bonds. The van der Waals surface area contributed by atoms with Gasteiger partial charge in [0.25, 0.3) is 0 Å². The number of aromatic nitrogens is 1. The molecule has 0 bridgehead atoms. The topological polar surface area (TPSA) is 22.1 Å². The second-order valence-corrected chi connectivity index (χ2v) is 9.52. The predicted molar refractivity (Wildman–Crippen MR) is 146 cm³/mol. The van der Waals surface area contributed by atoms with Crippen LogP contribution in [-0.2, 0) is 6.42 Å². The van der Waals surface area contributed by atoms with E-state index in [4.69, 9.17) is 9.72 Å². The van der Waals surface area contributed by atoms with Gasteiger partial charge in [0.05, 0.1) is 6.61 Å². The molecule has 0 aliphatic rings. The van der Waals surface area contributed by atoms with Gasteiger partial charge >= 0.3 is 0 Å².